The second kappa shape index (κ2) is 3.35. The van der Waals surface area contributed by atoms with E-state index in [9.17, 15) is 0 Å². The summed E-state index contributed by atoms with van der Waals surface area (Å²) in [6.45, 7) is 4.39. The topological polar surface area (TPSA) is 40.7 Å². The molecule has 0 amide bonds. The molecule has 3 heteroatoms. The fourth-order valence-electron chi connectivity index (χ4n) is 2.49. The second-order valence-corrected chi connectivity index (χ2v) is 4.29. The molecule has 0 saturated carbocycles. The van der Waals surface area contributed by atoms with Gasteiger partial charge in [0.2, 0.25) is 0 Å². The number of hydrogen-bond acceptors (Lipinski definition) is 2. The fraction of sp³-hybridized carbons (Fsp3) is 0.417. The Bertz CT molecular complexity index is 481. The molecule has 0 aliphatic carbocycles. The number of rotatable bonds is 1. The monoisotopic (exact) mass is 201 g/mol. The van der Waals surface area contributed by atoms with E-state index in [1.807, 2.05) is 6.20 Å². The van der Waals surface area contributed by atoms with Gasteiger partial charge in [0.25, 0.3) is 0 Å². The van der Waals surface area contributed by atoms with E-state index in [0.717, 1.165) is 18.7 Å². The van der Waals surface area contributed by atoms with Gasteiger partial charge in [-0.15, -0.1) is 0 Å². The van der Waals surface area contributed by atoms with E-state index in [1.54, 1.807) is 0 Å². The molecule has 15 heavy (non-hydrogen) atoms. The average Bonchev–Trinajstić information content (AvgIpc) is 2.85. The lowest BCUT2D eigenvalue weighted by molar-refractivity contribution is 0.769. The molecule has 1 atom stereocenters. The molecule has 2 aromatic rings. The van der Waals surface area contributed by atoms with Crippen LogP contribution < -0.4 is 5.32 Å². The summed E-state index contributed by atoms with van der Waals surface area (Å²) in [5.41, 5.74) is 3.78. The number of aromatic amines is 1. The molecule has 3 nitrogen and oxygen atoms in total. The number of aromatic nitrogens is 2. The molecule has 1 fully saturated rings. The smallest absolute Gasteiger partial charge is 0.137 e. The number of fused-ring (bicyclic) bond motifs is 1. The standard InChI is InChI=1S/C12H15N3/c1-8-2-5-14-12-11(8)10(7-15-12)9-3-4-13-6-9/h2,5,7,9,13H,3-4,6H2,1H3,(H,14,15). The lowest BCUT2D eigenvalue weighted by Crippen LogP contribution is -2.07. The number of aryl methyl sites for hydroxylation is 1. The third kappa shape index (κ3) is 1.35. The van der Waals surface area contributed by atoms with E-state index < -0.39 is 0 Å². The van der Waals surface area contributed by atoms with E-state index in [0.29, 0.717) is 5.92 Å². The molecule has 1 aliphatic heterocycles. The van der Waals surface area contributed by atoms with Gasteiger partial charge >= 0.3 is 0 Å². The largest absolute Gasteiger partial charge is 0.346 e. The van der Waals surface area contributed by atoms with Crippen molar-refractivity contribution in [3.63, 3.8) is 0 Å². The van der Waals surface area contributed by atoms with Crippen LogP contribution in [-0.2, 0) is 0 Å². The van der Waals surface area contributed by atoms with Gasteiger partial charge in [-0.25, -0.2) is 4.98 Å². The number of nitrogens with one attached hydrogen (secondary N) is 2. The Labute approximate surface area is 88.9 Å². The van der Waals surface area contributed by atoms with Crippen LogP contribution in [0.2, 0.25) is 0 Å². The zero-order chi connectivity index (χ0) is 10.3. The van der Waals surface area contributed by atoms with Gasteiger partial charge in [-0.3, -0.25) is 0 Å². The summed E-state index contributed by atoms with van der Waals surface area (Å²) in [5.74, 6) is 0.654. The van der Waals surface area contributed by atoms with Crippen molar-refractivity contribution in [1.82, 2.24) is 15.3 Å². The molecule has 2 N–H and O–H groups in total. The molecule has 78 valence electrons. The maximum Gasteiger partial charge on any atom is 0.137 e. The first-order chi connectivity index (χ1) is 7.36. The Morgan fingerprint density at radius 2 is 2.40 bits per heavy atom. The first kappa shape index (κ1) is 8.92. The van der Waals surface area contributed by atoms with Crippen LogP contribution in [0.25, 0.3) is 11.0 Å². The van der Waals surface area contributed by atoms with Crippen molar-refractivity contribution in [1.29, 1.82) is 0 Å². The molecular formula is C12H15N3. The van der Waals surface area contributed by atoms with Gasteiger partial charge in [-0.2, -0.15) is 0 Å². The molecule has 0 aromatic carbocycles. The zero-order valence-electron chi connectivity index (χ0n) is 8.88. The summed E-state index contributed by atoms with van der Waals surface area (Å²) in [4.78, 5) is 7.63. The van der Waals surface area contributed by atoms with E-state index in [-0.39, 0.29) is 0 Å². The third-order valence-corrected chi connectivity index (χ3v) is 3.31. The van der Waals surface area contributed by atoms with E-state index in [2.05, 4.69) is 34.5 Å². The van der Waals surface area contributed by atoms with Gasteiger partial charge in [0.05, 0.1) is 0 Å². The lowest BCUT2D eigenvalue weighted by Gasteiger charge is -2.07. The summed E-state index contributed by atoms with van der Waals surface area (Å²) in [6.07, 6.45) is 5.23. The highest BCUT2D eigenvalue weighted by molar-refractivity contribution is 5.83. The fourth-order valence-corrected chi connectivity index (χ4v) is 2.49. The SMILES string of the molecule is Cc1ccnc2[nH]cc(C3CCNC3)c12. The highest BCUT2D eigenvalue weighted by Gasteiger charge is 2.20. The predicted octanol–water partition coefficient (Wildman–Crippen LogP) is 1.95. The summed E-state index contributed by atoms with van der Waals surface area (Å²) in [7, 11) is 0. The quantitative estimate of drug-likeness (QED) is 0.740. The van der Waals surface area contributed by atoms with E-state index in [4.69, 9.17) is 0 Å². The van der Waals surface area contributed by atoms with Crippen molar-refractivity contribution in [2.24, 2.45) is 0 Å². The molecule has 0 radical (unpaired) electrons. The van der Waals surface area contributed by atoms with Crippen LogP contribution in [0.15, 0.2) is 18.5 Å². The molecule has 1 saturated heterocycles. The maximum atomic E-state index is 4.36. The molecule has 0 spiro atoms. The first-order valence-corrected chi connectivity index (χ1v) is 5.49. The van der Waals surface area contributed by atoms with Crippen molar-refractivity contribution in [3.05, 3.63) is 29.6 Å². The Morgan fingerprint density at radius 3 is 3.20 bits per heavy atom. The summed E-state index contributed by atoms with van der Waals surface area (Å²) >= 11 is 0. The molecule has 1 aliphatic rings. The first-order valence-electron chi connectivity index (χ1n) is 5.49. The van der Waals surface area contributed by atoms with Gasteiger partial charge in [0.1, 0.15) is 5.65 Å². The van der Waals surface area contributed by atoms with Crippen LogP contribution in [0.1, 0.15) is 23.5 Å². The Kier molecular flexibility index (Phi) is 1.99. The molecule has 3 heterocycles. The molecule has 3 rings (SSSR count). The average molecular weight is 201 g/mol. The summed E-state index contributed by atoms with van der Waals surface area (Å²) < 4.78 is 0. The maximum absolute atomic E-state index is 4.36. The van der Waals surface area contributed by atoms with Crippen molar-refractivity contribution < 1.29 is 0 Å². The van der Waals surface area contributed by atoms with Gasteiger partial charge in [0.15, 0.2) is 0 Å². The van der Waals surface area contributed by atoms with Gasteiger partial charge in [0, 0.05) is 24.3 Å². The van der Waals surface area contributed by atoms with Crippen LogP contribution >= 0.6 is 0 Å². The number of nitrogens with zero attached hydrogens (tertiary/aromatic N) is 1. The van der Waals surface area contributed by atoms with Crippen LogP contribution in [0, 0.1) is 6.92 Å². The van der Waals surface area contributed by atoms with Gasteiger partial charge < -0.3 is 10.3 Å². The van der Waals surface area contributed by atoms with Gasteiger partial charge in [-0.1, -0.05) is 0 Å². The number of H-pyrrole nitrogens is 1. The Morgan fingerprint density at radius 1 is 1.47 bits per heavy atom. The molecule has 2 aromatic heterocycles. The minimum atomic E-state index is 0.654. The van der Waals surface area contributed by atoms with Gasteiger partial charge in [-0.05, 0) is 43.0 Å². The second-order valence-electron chi connectivity index (χ2n) is 4.29. The number of pyridine rings is 1. The Balaban J connectivity index is 2.18. The van der Waals surface area contributed by atoms with Crippen LogP contribution in [0.3, 0.4) is 0 Å². The predicted molar refractivity (Wildman–Crippen MR) is 61.1 cm³/mol. The lowest BCUT2D eigenvalue weighted by atomic mass is 9.97. The van der Waals surface area contributed by atoms with Crippen LogP contribution in [0.4, 0.5) is 0 Å². The summed E-state index contributed by atoms with van der Waals surface area (Å²) in [6, 6.07) is 2.09. The molecule has 0 bridgehead atoms. The van der Waals surface area contributed by atoms with Crippen LogP contribution in [0.5, 0.6) is 0 Å². The third-order valence-electron chi connectivity index (χ3n) is 3.31. The van der Waals surface area contributed by atoms with Crippen molar-refractivity contribution in [2.45, 2.75) is 19.3 Å². The Hall–Kier alpha value is -1.35. The highest BCUT2D eigenvalue weighted by Crippen LogP contribution is 2.30. The van der Waals surface area contributed by atoms with Crippen molar-refractivity contribution >= 4 is 11.0 Å². The minimum absolute atomic E-state index is 0.654. The van der Waals surface area contributed by atoms with Crippen molar-refractivity contribution in [2.75, 3.05) is 13.1 Å². The highest BCUT2D eigenvalue weighted by atomic mass is 14.9. The van der Waals surface area contributed by atoms with Crippen molar-refractivity contribution in [3.8, 4) is 0 Å². The zero-order valence-corrected chi connectivity index (χ0v) is 8.88. The minimum Gasteiger partial charge on any atom is -0.346 e. The number of hydrogen-bond donors (Lipinski definition) is 2. The van der Waals surface area contributed by atoms with E-state index in [1.165, 1.54) is 22.9 Å². The van der Waals surface area contributed by atoms with Crippen LogP contribution in [-0.4, -0.2) is 23.1 Å². The molecule has 1 unspecified atom stereocenters. The summed E-state index contributed by atoms with van der Waals surface area (Å²) in [5, 5.41) is 4.74. The normalized spacial score (nSPS) is 21.3. The molecular weight excluding hydrogens is 186 g/mol. The van der Waals surface area contributed by atoms with E-state index >= 15 is 0 Å².